The van der Waals surface area contributed by atoms with Gasteiger partial charge in [0, 0.05) is 17.3 Å². The number of hydrogen-bond donors (Lipinski definition) is 2. The Balaban J connectivity index is 2.62. The van der Waals surface area contributed by atoms with Crippen LogP contribution in [-0.4, -0.2) is 18.2 Å². The van der Waals surface area contributed by atoms with E-state index in [-0.39, 0.29) is 11.6 Å². The number of ether oxygens (including phenoxy) is 1. The minimum absolute atomic E-state index is 0.217. The van der Waals surface area contributed by atoms with Gasteiger partial charge in [-0.25, -0.2) is 4.79 Å². The van der Waals surface area contributed by atoms with E-state index in [9.17, 15) is 4.79 Å². The third-order valence-corrected chi connectivity index (χ3v) is 1.89. The molecule has 0 aromatic heterocycles. The fraction of sp³-hybridized carbons (Fsp3) is 0.462. The fourth-order valence-corrected chi connectivity index (χ4v) is 1.33. The van der Waals surface area contributed by atoms with Crippen LogP contribution < -0.4 is 15.4 Å². The SMILES string of the molecule is CCOc1cccc(NC(=O)NC(C)(C)C)c1. The second kappa shape index (κ2) is 5.57. The number of benzene rings is 1. The van der Waals surface area contributed by atoms with E-state index in [1.165, 1.54) is 0 Å². The first-order chi connectivity index (χ1) is 7.90. The van der Waals surface area contributed by atoms with Crippen molar-refractivity contribution in [2.75, 3.05) is 11.9 Å². The third kappa shape index (κ3) is 5.24. The maximum Gasteiger partial charge on any atom is 0.319 e. The zero-order chi connectivity index (χ0) is 12.9. The summed E-state index contributed by atoms with van der Waals surface area (Å²) >= 11 is 0. The first-order valence-corrected chi connectivity index (χ1v) is 5.73. The van der Waals surface area contributed by atoms with E-state index in [2.05, 4.69) is 10.6 Å². The average Bonchev–Trinajstić information content (AvgIpc) is 2.15. The van der Waals surface area contributed by atoms with E-state index in [4.69, 9.17) is 4.74 Å². The van der Waals surface area contributed by atoms with E-state index in [0.717, 1.165) is 11.4 Å². The molecule has 2 N–H and O–H groups in total. The number of carbonyl (C=O) groups is 1. The van der Waals surface area contributed by atoms with Crippen LogP contribution >= 0.6 is 0 Å². The monoisotopic (exact) mass is 236 g/mol. The second-order valence-corrected chi connectivity index (χ2v) is 4.79. The van der Waals surface area contributed by atoms with Gasteiger partial charge in [0.25, 0.3) is 0 Å². The molecule has 2 amide bonds. The molecule has 0 unspecified atom stereocenters. The number of rotatable bonds is 3. The van der Waals surface area contributed by atoms with Crippen molar-refractivity contribution in [3.8, 4) is 5.75 Å². The Hall–Kier alpha value is -1.71. The molecule has 0 radical (unpaired) electrons. The molecule has 1 rings (SSSR count). The molecular formula is C13H20N2O2. The van der Waals surface area contributed by atoms with Crippen LogP contribution in [0, 0.1) is 0 Å². The number of amides is 2. The lowest BCUT2D eigenvalue weighted by Crippen LogP contribution is -2.43. The Morgan fingerprint density at radius 1 is 1.35 bits per heavy atom. The molecule has 4 heteroatoms. The Morgan fingerprint density at radius 2 is 2.06 bits per heavy atom. The molecule has 0 atom stereocenters. The number of anilines is 1. The van der Waals surface area contributed by atoms with Gasteiger partial charge < -0.3 is 15.4 Å². The molecule has 94 valence electrons. The first kappa shape index (κ1) is 13.4. The standard InChI is InChI=1S/C13H20N2O2/c1-5-17-11-8-6-7-10(9-11)14-12(16)15-13(2,3)4/h6-9H,5H2,1-4H3,(H2,14,15,16). The molecule has 0 spiro atoms. The molecule has 0 heterocycles. The number of carbonyl (C=O) groups excluding carboxylic acids is 1. The van der Waals surface area contributed by atoms with Gasteiger partial charge >= 0.3 is 6.03 Å². The van der Waals surface area contributed by atoms with Crippen molar-refractivity contribution >= 4 is 11.7 Å². The highest BCUT2D eigenvalue weighted by Gasteiger charge is 2.13. The molecule has 1 aromatic carbocycles. The maximum absolute atomic E-state index is 11.6. The number of urea groups is 1. The van der Waals surface area contributed by atoms with Gasteiger partial charge in [0.15, 0.2) is 0 Å². The molecule has 0 aliphatic heterocycles. The quantitative estimate of drug-likeness (QED) is 0.847. The molecular weight excluding hydrogens is 216 g/mol. The highest BCUT2D eigenvalue weighted by atomic mass is 16.5. The van der Waals surface area contributed by atoms with Crippen molar-refractivity contribution < 1.29 is 9.53 Å². The molecule has 0 saturated carbocycles. The van der Waals surface area contributed by atoms with Gasteiger partial charge in [0.1, 0.15) is 5.75 Å². The summed E-state index contributed by atoms with van der Waals surface area (Å²) in [5, 5.41) is 5.60. The van der Waals surface area contributed by atoms with Crippen molar-refractivity contribution in [1.82, 2.24) is 5.32 Å². The van der Waals surface area contributed by atoms with Crippen molar-refractivity contribution in [2.24, 2.45) is 0 Å². The molecule has 17 heavy (non-hydrogen) atoms. The van der Waals surface area contributed by atoms with Gasteiger partial charge in [-0.2, -0.15) is 0 Å². The molecule has 0 aliphatic rings. The van der Waals surface area contributed by atoms with Crippen molar-refractivity contribution in [3.05, 3.63) is 24.3 Å². The minimum atomic E-state index is -0.248. The first-order valence-electron chi connectivity index (χ1n) is 5.73. The van der Waals surface area contributed by atoms with Crippen LogP contribution in [0.1, 0.15) is 27.7 Å². The summed E-state index contributed by atoms with van der Waals surface area (Å²) < 4.78 is 5.36. The van der Waals surface area contributed by atoms with E-state index < -0.39 is 0 Å². The van der Waals surface area contributed by atoms with E-state index >= 15 is 0 Å². The summed E-state index contributed by atoms with van der Waals surface area (Å²) in [5.74, 6) is 0.751. The van der Waals surface area contributed by atoms with Crippen molar-refractivity contribution in [2.45, 2.75) is 33.2 Å². The molecule has 1 aromatic rings. The van der Waals surface area contributed by atoms with Crippen LogP contribution in [0.4, 0.5) is 10.5 Å². The zero-order valence-corrected chi connectivity index (χ0v) is 10.8. The third-order valence-electron chi connectivity index (χ3n) is 1.89. The lowest BCUT2D eigenvalue weighted by Gasteiger charge is -2.20. The normalized spacial score (nSPS) is 10.8. The lowest BCUT2D eigenvalue weighted by molar-refractivity contribution is 0.244. The lowest BCUT2D eigenvalue weighted by atomic mass is 10.1. The van der Waals surface area contributed by atoms with Crippen LogP contribution in [0.5, 0.6) is 5.75 Å². The predicted molar refractivity (Wildman–Crippen MR) is 69.5 cm³/mol. The predicted octanol–water partition coefficient (Wildman–Crippen LogP) is 3.01. The molecule has 0 fully saturated rings. The summed E-state index contributed by atoms with van der Waals surface area (Å²) in [5.41, 5.74) is 0.472. The summed E-state index contributed by atoms with van der Waals surface area (Å²) in [7, 11) is 0. The topological polar surface area (TPSA) is 50.4 Å². The van der Waals surface area contributed by atoms with Crippen LogP contribution in [-0.2, 0) is 0 Å². The van der Waals surface area contributed by atoms with E-state index in [1.54, 1.807) is 6.07 Å². The maximum atomic E-state index is 11.6. The molecule has 0 saturated heterocycles. The summed E-state index contributed by atoms with van der Waals surface area (Å²) in [6, 6.07) is 7.11. The van der Waals surface area contributed by atoms with Gasteiger partial charge in [-0.05, 0) is 39.8 Å². The van der Waals surface area contributed by atoms with Crippen molar-refractivity contribution in [1.29, 1.82) is 0 Å². The summed E-state index contributed by atoms with van der Waals surface area (Å²) in [6.07, 6.45) is 0. The Kier molecular flexibility index (Phi) is 4.37. The Morgan fingerprint density at radius 3 is 2.65 bits per heavy atom. The summed E-state index contributed by atoms with van der Waals surface area (Å²) in [6.45, 7) is 8.33. The van der Waals surface area contributed by atoms with Gasteiger partial charge in [-0.3, -0.25) is 0 Å². The van der Waals surface area contributed by atoms with Crippen LogP contribution in [0.2, 0.25) is 0 Å². The highest BCUT2D eigenvalue weighted by molar-refractivity contribution is 5.89. The second-order valence-electron chi connectivity index (χ2n) is 4.79. The molecule has 4 nitrogen and oxygen atoms in total. The number of nitrogens with one attached hydrogen (secondary N) is 2. The Bertz CT molecular complexity index is 383. The van der Waals surface area contributed by atoms with Crippen molar-refractivity contribution in [3.63, 3.8) is 0 Å². The highest BCUT2D eigenvalue weighted by Crippen LogP contribution is 2.17. The van der Waals surface area contributed by atoms with Gasteiger partial charge in [-0.1, -0.05) is 6.07 Å². The van der Waals surface area contributed by atoms with Gasteiger partial charge in [0.05, 0.1) is 6.61 Å². The smallest absolute Gasteiger partial charge is 0.319 e. The molecule has 0 bridgehead atoms. The largest absolute Gasteiger partial charge is 0.494 e. The Labute approximate surface area is 102 Å². The fourth-order valence-electron chi connectivity index (χ4n) is 1.33. The van der Waals surface area contributed by atoms with E-state index in [0.29, 0.717) is 6.61 Å². The summed E-state index contributed by atoms with van der Waals surface area (Å²) in [4.78, 5) is 11.6. The average molecular weight is 236 g/mol. The molecule has 0 aliphatic carbocycles. The van der Waals surface area contributed by atoms with Gasteiger partial charge in [-0.15, -0.1) is 0 Å². The van der Waals surface area contributed by atoms with Crippen LogP contribution in [0.15, 0.2) is 24.3 Å². The minimum Gasteiger partial charge on any atom is -0.494 e. The van der Waals surface area contributed by atoms with E-state index in [1.807, 2.05) is 45.9 Å². The zero-order valence-electron chi connectivity index (χ0n) is 10.8. The van der Waals surface area contributed by atoms with Crippen LogP contribution in [0.25, 0.3) is 0 Å². The number of hydrogen-bond acceptors (Lipinski definition) is 2. The van der Waals surface area contributed by atoms with Crippen LogP contribution in [0.3, 0.4) is 0 Å². The van der Waals surface area contributed by atoms with Gasteiger partial charge in [0.2, 0.25) is 0 Å².